The van der Waals surface area contributed by atoms with E-state index in [1.54, 1.807) is 43.7 Å². The lowest BCUT2D eigenvalue weighted by Gasteiger charge is -2.19. The largest absolute Gasteiger partial charge is 0.418 e. The van der Waals surface area contributed by atoms with Gasteiger partial charge in [0, 0.05) is 32.4 Å². The molecule has 0 aliphatic carbocycles. The second-order valence-electron chi connectivity index (χ2n) is 7.90. The van der Waals surface area contributed by atoms with Crippen molar-refractivity contribution in [2.24, 2.45) is 7.05 Å². The van der Waals surface area contributed by atoms with Crippen molar-refractivity contribution in [2.45, 2.75) is 13.1 Å². The van der Waals surface area contributed by atoms with Crippen LogP contribution in [0, 0.1) is 6.92 Å². The zero-order valence-electron chi connectivity index (χ0n) is 18.5. The summed E-state index contributed by atoms with van der Waals surface area (Å²) in [5, 5.41) is 7.31. The Bertz CT molecular complexity index is 1340. The molecule has 33 heavy (non-hydrogen) atoms. The van der Waals surface area contributed by atoms with Crippen LogP contribution in [-0.2, 0) is 13.2 Å². The minimum Gasteiger partial charge on any atom is -0.378 e. The Kier molecular flexibility index (Phi) is 5.57. The number of halogens is 3. The molecule has 0 radical (unpaired) electrons. The molecule has 2 aromatic heterocycles. The van der Waals surface area contributed by atoms with Crippen molar-refractivity contribution in [2.75, 3.05) is 24.3 Å². The van der Waals surface area contributed by atoms with Gasteiger partial charge in [-0.05, 0) is 31.2 Å². The molecule has 0 fully saturated rings. The SMILES string of the molecule is Cc1nn(C)c2nc(-c3ccccc3)cc(C(=O)Nc3ccc(N(C)C)cc3C(F)(F)F)c12. The van der Waals surface area contributed by atoms with Gasteiger partial charge in [-0.3, -0.25) is 9.48 Å². The van der Waals surface area contributed by atoms with Crippen LogP contribution in [0.4, 0.5) is 24.5 Å². The molecule has 0 atom stereocenters. The van der Waals surface area contributed by atoms with Gasteiger partial charge < -0.3 is 10.2 Å². The number of alkyl halides is 3. The minimum absolute atomic E-state index is 0.203. The molecule has 2 heterocycles. The summed E-state index contributed by atoms with van der Waals surface area (Å²) in [7, 11) is 5.01. The first-order valence-electron chi connectivity index (χ1n) is 10.2. The highest BCUT2D eigenvalue weighted by atomic mass is 19.4. The second-order valence-corrected chi connectivity index (χ2v) is 7.90. The first kappa shape index (κ1) is 22.3. The molecule has 0 unspecified atom stereocenters. The van der Waals surface area contributed by atoms with Crippen LogP contribution in [0.3, 0.4) is 0 Å². The van der Waals surface area contributed by atoms with Crippen molar-refractivity contribution in [1.82, 2.24) is 14.8 Å². The highest BCUT2D eigenvalue weighted by Gasteiger charge is 2.35. The molecule has 170 valence electrons. The average molecular weight is 453 g/mol. The fraction of sp³-hybridized carbons (Fsp3) is 0.208. The summed E-state index contributed by atoms with van der Waals surface area (Å²) in [6.07, 6.45) is -4.64. The average Bonchev–Trinajstić information content (AvgIpc) is 3.06. The number of hydrogen-bond acceptors (Lipinski definition) is 4. The summed E-state index contributed by atoms with van der Waals surface area (Å²) in [5.41, 5.74) is 1.68. The number of fused-ring (bicyclic) bond motifs is 1. The van der Waals surface area contributed by atoms with E-state index in [1.165, 1.54) is 12.1 Å². The smallest absolute Gasteiger partial charge is 0.378 e. The van der Waals surface area contributed by atoms with Crippen LogP contribution < -0.4 is 10.2 Å². The lowest BCUT2D eigenvalue weighted by Crippen LogP contribution is -2.18. The maximum Gasteiger partial charge on any atom is 0.418 e. The number of aryl methyl sites for hydroxylation is 2. The van der Waals surface area contributed by atoms with Gasteiger partial charge in [0.05, 0.1) is 33.6 Å². The summed E-state index contributed by atoms with van der Waals surface area (Å²) in [6, 6.07) is 14.6. The highest BCUT2D eigenvalue weighted by molar-refractivity contribution is 6.13. The van der Waals surface area contributed by atoms with Crippen molar-refractivity contribution in [3.8, 4) is 11.3 Å². The summed E-state index contributed by atoms with van der Waals surface area (Å²) in [6.45, 7) is 1.73. The predicted molar refractivity (Wildman–Crippen MR) is 122 cm³/mol. The van der Waals surface area contributed by atoms with Gasteiger partial charge in [-0.15, -0.1) is 0 Å². The maximum atomic E-state index is 13.8. The Labute approximate surface area is 188 Å². The summed E-state index contributed by atoms with van der Waals surface area (Å²) in [4.78, 5) is 19.5. The van der Waals surface area contributed by atoms with Crippen LogP contribution in [-0.4, -0.2) is 34.8 Å². The van der Waals surface area contributed by atoms with Crippen LogP contribution in [0.5, 0.6) is 0 Å². The van der Waals surface area contributed by atoms with Gasteiger partial charge in [0.2, 0.25) is 0 Å². The highest BCUT2D eigenvalue weighted by Crippen LogP contribution is 2.37. The quantitative estimate of drug-likeness (QED) is 0.457. The van der Waals surface area contributed by atoms with Gasteiger partial charge in [-0.25, -0.2) is 4.98 Å². The van der Waals surface area contributed by atoms with Gasteiger partial charge in [0.1, 0.15) is 0 Å². The predicted octanol–water partition coefficient (Wildman–Crippen LogP) is 5.28. The van der Waals surface area contributed by atoms with Crippen LogP contribution in [0.15, 0.2) is 54.6 Å². The molecule has 6 nitrogen and oxygen atoms in total. The topological polar surface area (TPSA) is 63.1 Å². The number of rotatable bonds is 4. The number of pyridine rings is 1. The standard InChI is InChI=1S/C24H22F3N5O/c1-14-21-17(13-20(15-8-6-5-7-9-15)28-22(21)32(4)30-14)23(33)29-19-11-10-16(31(2)3)12-18(19)24(25,26)27/h5-13H,1-4H3,(H,29,33). The van der Waals surface area contributed by atoms with E-state index in [0.29, 0.717) is 28.1 Å². The van der Waals surface area contributed by atoms with E-state index in [1.807, 2.05) is 30.3 Å². The zero-order chi connectivity index (χ0) is 23.9. The van der Waals surface area contributed by atoms with Crippen molar-refractivity contribution >= 4 is 28.3 Å². The van der Waals surface area contributed by atoms with Crippen molar-refractivity contribution in [1.29, 1.82) is 0 Å². The molecule has 0 aliphatic rings. The summed E-state index contributed by atoms with van der Waals surface area (Å²) < 4.78 is 42.8. The van der Waals surface area contributed by atoms with Gasteiger partial charge in [-0.1, -0.05) is 30.3 Å². The Morgan fingerprint density at radius 1 is 1.06 bits per heavy atom. The number of nitrogens with one attached hydrogen (secondary N) is 1. The lowest BCUT2D eigenvalue weighted by atomic mass is 10.0. The van der Waals surface area contributed by atoms with Crippen LogP contribution in [0.2, 0.25) is 0 Å². The molecule has 0 bridgehead atoms. The van der Waals surface area contributed by atoms with Gasteiger partial charge in [-0.2, -0.15) is 18.3 Å². The Balaban J connectivity index is 1.84. The minimum atomic E-state index is -4.64. The monoisotopic (exact) mass is 453 g/mol. The molecule has 0 aliphatic heterocycles. The number of amides is 1. The number of anilines is 2. The van der Waals surface area contributed by atoms with Gasteiger partial charge in [0.25, 0.3) is 5.91 Å². The second kappa shape index (κ2) is 8.23. The molecule has 1 N–H and O–H groups in total. The zero-order valence-corrected chi connectivity index (χ0v) is 18.5. The number of aromatic nitrogens is 3. The Hall–Kier alpha value is -3.88. The Morgan fingerprint density at radius 3 is 2.39 bits per heavy atom. The van der Waals surface area contributed by atoms with Crippen molar-refractivity contribution < 1.29 is 18.0 Å². The van der Waals surface area contributed by atoms with Crippen molar-refractivity contribution in [3.63, 3.8) is 0 Å². The molecular formula is C24H22F3N5O. The summed E-state index contributed by atoms with van der Waals surface area (Å²) in [5.74, 6) is -0.668. The van der Waals surface area contributed by atoms with Crippen LogP contribution in [0.25, 0.3) is 22.3 Å². The normalized spacial score (nSPS) is 11.6. The molecule has 0 saturated carbocycles. The third-order valence-electron chi connectivity index (χ3n) is 5.36. The fourth-order valence-corrected chi connectivity index (χ4v) is 3.72. The first-order valence-corrected chi connectivity index (χ1v) is 10.2. The number of carbonyl (C=O) groups excluding carboxylic acids is 1. The van der Waals surface area contributed by atoms with E-state index in [2.05, 4.69) is 15.4 Å². The van der Waals surface area contributed by atoms with Crippen LogP contribution in [0.1, 0.15) is 21.6 Å². The molecule has 0 spiro atoms. The third kappa shape index (κ3) is 4.26. The summed E-state index contributed by atoms with van der Waals surface area (Å²) >= 11 is 0. The maximum absolute atomic E-state index is 13.8. The van der Waals surface area contributed by atoms with E-state index in [-0.39, 0.29) is 11.3 Å². The molecule has 9 heteroatoms. The first-order chi connectivity index (χ1) is 15.6. The van der Waals surface area contributed by atoms with E-state index in [9.17, 15) is 18.0 Å². The molecule has 4 rings (SSSR count). The molecular weight excluding hydrogens is 431 g/mol. The number of carbonyl (C=O) groups is 1. The Morgan fingerprint density at radius 2 is 1.76 bits per heavy atom. The number of hydrogen-bond donors (Lipinski definition) is 1. The lowest BCUT2D eigenvalue weighted by molar-refractivity contribution is -0.136. The number of benzene rings is 2. The van der Waals surface area contributed by atoms with Crippen LogP contribution >= 0.6 is 0 Å². The van der Waals surface area contributed by atoms with Gasteiger partial charge in [0.15, 0.2) is 5.65 Å². The van der Waals surface area contributed by atoms with Gasteiger partial charge >= 0.3 is 6.18 Å². The molecule has 2 aromatic carbocycles. The van der Waals surface area contributed by atoms with E-state index in [0.717, 1.165) is 11.6 Å². The van der Waals surface area contributed by atoms with E-state index in [4.69, 9.17) is 0 Å². The molecule has 0 saturated heterocycles. The molecule has 1 amide bonds. The third-order valence-corrected chi connectivity index (χ3v) is 5.36. The molecule has 4 aromatic rings. The fourth-order valence-electron chi connectivity index (χ4n) is 3.72. The van der Waals surface area contributed by atoms with E-state index < -0.39 is 17.6 Å². The van der Waals surface area contributed by atoms with E-state index >= 15 is 0 Å². The van der Waals surface area contributed by atoms with Crippen molar-refractivity contribution in [3.05, 3.63) is 71.4 Å². The number of nitrogens with zero attached hydrogens (tertiary/aromatic N) is 4.